The molecule has 0 saturated carbocycles. The summed E-state index contributed by atoms with van der Waals surface area (Å²) in [6, 6.07) is 8.39. The number of aryl methyl sites for hydroxylation is 1. The van der Waals surface area contributed by atoms with E-state index in [2.05, 4.69) is 64.2 Å². The minimum Gasteiger partial charge on any atom is -0.383 e. The van der Waals surface area contributed by atoms with Crippen molar-refractivity contribution in [1.29, 1.82) is 0 Å². The van der Waals surface area contributed by atoms with E-state index in [1.807, 2.05) is 17.1 Å². The molecule has 0 bridgehead atoms. The molecule has 0 aliphatic heterocycles. The van der Waals surface area contributed by atoms with E-state index in [4.69, 9.17) is 0 Å². The van der Waals surface area contributed by atoms with Crippen molar-refractivity contribution in [3.63, 3.8) is 0 Å². The first-order chi connectivity index (χ1) is 7.74. The Morgan fingerprint density at radius 3 is 3.00 bits per heavy atom. The first-order valence-corrected chi connectivity index (χ1v) is 6.30. The number of anilines is 1. The second-order valence-corrected chi connectivity index (χ2v) is 4.96. The van der Waals surface area contributed by atoms with Gasteiger partial charge in [0, 0.05) is 18.4 Å². The molecule has 0 atom stereocenters. The lowest BCUT2D eigenvalue weighted by molar-refractivity contribution is 0.637. The quantitative estimate of drug-likeness (QED) is 0.875. The Bertz CT molecular complexity index is 465. The van der Waals surface area contributed by atoms with Crippen molar-refractivity contribution in [3.8, 4) is 0 Å². The molecule has 2 rings (SSSR count). The first-order valence-electron chi connectivity index (χ1n) is 5.22. The topological polar surface area (TPSA) is 29.9 Å². The second kappa shape index (κ2) is 5.34. The Morgan fingerprint density at radius 2 is 2.31 bits per heavy atom. The zero-order valence-electron chi connectivity index (χ0n) is 9.15. The van der Waals surface area contributed by atoms with Crippen molar-refractivity contribution in [1.82, 2.24) is 9.78 Å². The van der Waals surface area contributed by atoms with Crippen LogP contribution in [0.5, 0.6) is 0 Å². The first kappa shape index (κ1) is 11.4. The van der Waals surface area contributed by atoms with E-state index in [9.17, 15) is 0 Å². The van der Waals surface area contributed by atoms with Gasteiger partial charge >= 0.3 is 0 Å². The number of aromatic nitrogens is 2. The molecule has 0 spiro atoms. The van der Waals surface area contributed by atoms with Crippen molar-refractivity contribution in [2.24, 2.45) is 0 Å². The number of hydrogen-bond donors (Lipinski definition) is 1. The largest absolute Gasteiger partial charge is 0.383 e. The van der Waals surface area contributed by atoms with Gasteiger partial charge in [0.25, 0.3) is 0 Å². The van der Waals surface area contributed by atoms with E-state index in [-0.39, 0.29) is 0 Å². The van der Waals surface area contributed by atoms with Gasteiger partial charge in [0.05, 0.1) is 16.3 Å². The summed E-state index contributed by atoms with van der Waals surface area (Å²) in [6.45, 7) is 3.87. The van der Waals surface area contributed by atoms with Crippen LogP contribution < -0.4 is 5.32 Å². The zero-order chi connectivity index (χ0) is 11.4. The molecule has 1 N–H and O–H groups in total. The maximum atomic E-state index is 4.23. The highest BCUT2D eigenvalue weighted by molar-refractivity contribution is 14.1. The van der Waals surface area contributed by atoms with Gasteiger partial charge in [-0.15, -0.1) is 0 Å². The normalized spacial score (nSPS) is 10.4. The molecule has 0 unspecified atom stereocenters. The average Bonchev–Trinajstić information content (AvgIpc) is 2.64. The van der Waals surface area contributed by atoms with Crippen molar-refractivity contribution in [2.75, 3.05) is 11.9 Å². The third-order valence-electron chi connectivity index (χ3n) is 2.29. The van der Waals surface area contributed by atoms with Gasteiger partial charge < -0.3 is 5.32 Å². The third kappa shape index (κ3) is 3.23. The molecular weight excluding hydrogens is 313 g/mol. The highest BCUT2D eigenvalue weighted by atomic mass is 127. The lowest BCUT2D eigenvalue weighted by Gasteiger charge is -2.06. The van der Waals surface area contributed by atoms with Crippen LogP contribution in [-0.2, 0) is 6.54 Å². The summed E-state index contributed by atoms with van der Waals surface area (Å²) in [5, 5.41) is 7.61. The van der Waals surface area contributed by atoms with Gasteiger partial charge in [-0.1, -0.05) is 12.1 Å². The van der Waals surface area contributed by atoms with E-state index < -0.39 is 0 Å². The van der Waals surface area contributed by atoms with Crippen LogP contribution >= 0.6 is 22.6 Å². The number of hydrogen-bond acceptors (Lipinski definition) is 2. The number of nitrogens with zero attached hydrogens (tertiary/aromatic N) is 2. The van der Waals surface area contributed by atoms with Crippen LogP contribution in [-0.4, -0.2) is 16.3 Å². The van der Waals surface area contributed by atoms with Crippen LogP contribution in [0.25, 0.3) is 0 Å². The fourth-order valence-corrected chi connectivity index (χ4v) is 1.98. The number of benzene rings is 1. The fraction of sp³-hybridized carbons (Fsp3) is 0.250. The third-order valence-corrected chi connectivity index (χ3v) is 2.85. The van der Waals surface area contributed by atoms with E-state index in [0.717, 1.165) is 13.1 Å². The molecular formula is C12H14IN3. The van der Waals surface area contributed by atoms with Gasteiger partial charge in [-0.05, 0) is 47.2 Å². The highest BCUT2D eigenvalue weighted by Gasteiger charge is 1.95. The van der Waals surface area contributed by atoms with E-state index >= 15 is 0 Å². The van der Waals surface area contributed by atoms with Crippen LogP contribution in [0.4, 0.5) is 5.69 Å². The summed E-state index contributed by atoms with van der Waals surface area (Å²) in [6.07, 6.45) is 3.91. The molecule has 0 radical (unpaired) electrons. The summed E-state index contributed by atoms with van der Waals surface area (Å²) < 4.78 is 3.12. The molecule has 0 aliphatic rings. The Kier molecular flexibility index (Phi) is 3.82. The minimum absolute atomic E-state index is 0.886. The maximum absolute atomic E-state index is 4.23. The van der Waals surface area contributed by atoms with Crippen LogP contribution in [0.15, 0.2) is 36.7 Å². The molecule has 1 heterocycles. The van der Waals surface area contributed by atoms with Gasteiger partial charge in [-0.3, -0.25) is 4.68 Å². The van der Waals surface area contributed by atoms with Gasteiger partial charge in [0.2, 0.25) is 0 Å². The number of rotatable bonds is 4. The molecule has 4 heteroatoms. The molecule has 0 saturated heterocycles. The van der Waals surface area contributed by atoms with E-state index in [1.165, 1.54) is 14.8 Å². The Balaban J connectivity index is 1.84. The monoisotopic (exact) mass is 327 g/mol. The molecule has 1 aromatic carbocycles. The molecule has 3 nitrogen and oxygen atoms in total. The molecule has 0 aliphatic carbocycles. The van der Waals surface area contributed by atoms with Crippen LogP contribution in [0.3, 0.4) is 0 Å². The Morgan fingerprint density at radius 1 is 1.44 bits per heavy atom. The van der Waals surface area contributed by atoms with Crippen LogP contribution in [0.1, 0.15) is 5.56 Å². The minimum atomic E-state index is 0.886. The second-order valence-electron chi connectivity index (χ2n) is 3.72. The molecule has 16 heavy (non-hydrogen) atoms. The standard InChI is InChI=1S/C12H14IN3/c1-10-3-2-4-12(7-10)14-5-6-16-9-11(13)8-15-16/h2-4,7-9,14H,5-6H2,1H3. The molecule has 2 aromatic rings. The predicted octanol–water partition coefficient (Wildman–Crippen LogP) is 2.91. The van der Waals surface area contributed by atoms with E-state index in [1.54, 1.807) is 0 Å². The van der Waals surface area contributed by atoms with Crippen LogP contribution in [0.2, 0.25) is 0 Å². The van der Waals surface area contributed by atoms with Gasteiger partial charge in [-0.25, -0.2) is 0 Å². The van der Waals surface area contributed by atoms with Crippen molar-refractivity contribution in [2.45, 2.75) is 13.5 Å². The summed E-state index contributed by atoms with van der Waals surface area (Å²) in [4.78, 5) is 0. The zero-order valence-corrected chi connectivity index (χ0v) is 11.3. The van der Waals surface area contributed by atoms with E-state index in [0.29, 0.717) is 0 Å². The molecule has 0 amide bonds. The Hall–Kier alpha value is -1.04. The summed E-state index contributed by atoms with van der Waals surface area (Å²) in [5.74, 6) is 0. The summed E-state index contributed by atoms with van der Waals surface area (Å²) in [7, 11) is 0. The number of halogens is 1. The predicted molar refractivity (Wildman–Crippen MR) is 74.6 cm³/mol. The number of nitrogens with one attached hydrogen (secondary N) is 1. The molecule has 1 aromatic heterocycles. The van der Waals surface area contributed by atoms with Gasteiger partial charge in [0.1, 0.15) is 0 Å². The lowest BCUT2D eigenvalue weighted by atomic mass is 10.2. The SMILES string of the molecule is Cc1cccc(NCCn2cc(I)cn2)c1. The highest BCUT2D eigenvalue weighted by Crippen LogP contribution is 2.09. The van der Waals surface area contributed by atoms with Gasteiger partial charge in [-0.2, -0.15) is 5.10 Å². The van der Waals surface area contributed by atoms with Crippen molar-refractivity contribution in [3.05, 3.63) is 45.8 Å². The average molecular weight is 327 g/mol. The van der Waals surface area contributed by atoms with Crippen molar-refractivity contribution >= 4 is 28.3 Å². The molecule has 84 valence electrons. The lowest BCUT2D eigenvalue weighted by Crippen LogP contribution is -2.10. The Labute approximate surface area is 109 Å². The summed E-state index contributed by atoms with van der Waals surface area (Å²) in [5.41, 5.74) is 2.44. The van der Waals surface area contributed by atoms with Crippen molar-refractivity contribution < 1.29 is 0 Å². The summed E-state index contributed by atoms with van der Waals surface area (Å²) >= 11 is 2.26. The maximum Gasteiger partial charge on any atom is 0.0623 e. The smallest absolute Gasteiger partial charge is 0.0623 e. The fourth-order valence-electron chi connectivity index (χ4n) is 1.53. The van der Waals surface area contributed by atoms with Gasteiger partial charge in [0.15, 0.2) is 0 Å². The molecule has 0 fully saturated rings. The van der Waals surface area contributed by atoms with Crippen LogP contribution in [0, 0.1) is 10.5 Å².